The Bertz CT molecular complexity index is 491. The largest absolute Gasteiger partial charge is 0.481 e. The number of hydrogen-bond donors (Lipinski definition) is 1. The fourth-order valence-electron chi connectivity index (χ4n) is 3.75. The molecule has 0 aromatic carbocycles. The van der Waals surface area contributed by atoms with Crippen molar-refractivity contribution >= 4 is 5.97 Å². The van der Waals surface area contributed by atoms with Gasteiger partial charge in [-0.2, -0.15) is 5.10 Å². The average Bonchev–Trinajstić information content (AvgIpc) is 3.06. The third-order valence-corrected chi connectivity index (χ3v) is 4.93. The van der Waals surface area contributed by atoms with Crippen LogP contribution in [-0.4, -0.2) is 25.8 Å². The van der Waals surface area contributed by atoms with E-state index in [4.69, 9.17) is 10.1 Å². The highest BCUT2D eigenvalue weighted by Crippen LogP contribution is 2.38. The van der Waals surface area contributed by atoms with Crippen LogP contribution in [0.4, 0.5) is 0 Å². The Morgan fingerprint density at radius 2 is 1.90 bits per heavy atom. The molecular weight excluding hydrogens is 254 g/mol. The van der Waals surface area contributed by atoms with Gasteiger partial charge in [-0.3, -0.25) is 9.48 Å². The van der Waals surface area contributed by atoms with Gasteiger partial charge in [0.15, 0.2) is 5.82 Å². The van der Waals surface area contributed by atoms with E-state index in [-0.39, 0.29) is 11.8 Å². The molecule has 1 aromatic rings. The van der Waals surface area contributed by atoms with Crippen molar-refractivity contribution in [3.8, 4) is 0 Å². The summed E-state index contributed by atoms with van der Waals surface area (Å²) in [6, 6.07) is 0. The second-order valence-corrected chi connectivity index (χ2v) is 6.33. The normalized spacial score (nSPS) is 27.9. The van der Waals surface area contributed by atoms with Crippen LogP contribution in [-0.2, 0) is 11.8 Å². The molecule has 0 radical (unpaired) electrons. The van der Waals surface area contributed by atoms with Gasteiger partial charge in [-0.25, -0.2) is 4.98 Å². The Morgan fingerprint density at radius 3 is 2.55 bits per heavy atom. The maximum absolute atomic E-state index is 11.1. The van der Waals surface area contributed by atoms with Crippen LogP contribution in [0.5, 0.6) is 0 Å². The summed E-state index contributed by atoms with van der Waals surface area (Å²) in [5.74, 6) is 1.90. The third-order valence-electron chi connectivity index (χ3n) is 4.93. The fraction of sp³-hybridized carbons (Fsp3) is 0.800. The zero-order valence-corrected chi connectivity index (χ0v) is 12.1. The summed E-state index contributed by atoms with van der Waals surface area (Å²) in [7, 11) is 1.95. The molecule has 1 N–H and O–H groups in total. The molecule has 1 heterocycles. The van der Waals surface area contributed by atoms with Gasteiger partial charge < -0.3 is 5.11 Å². The lowest BCUT2D eigenvalue weighted by Crippen LogP contribution is -2.10. The summed E-state index contributed by atoms with van der Waals surface area (Å²) in [6.45, 7) is 0. The van der Waals surface area contributed by atoms with Gasteiger partial charge >= 0.3 is 5.97 Å². The molecule has 0 aliphatic heterocycles. The molecule has 0 saturated heterocycles. The molecule has 2 unspecified atom stereocenters. The lowest BCUT2D eigenvalue weighted by molar-refractivity contribution is -0.141. The van der Waals surface area contributed by atoms with E-state index in [1.165, 1.54) is 32.1 Å². The number of aryl methyl sites for hydroxylation is 1. The predicted molar refractivity (Wildman–Crippen MR) is 74.5 cm³/mol. The Balaban J connectivity index is 1.74. The van der Waals surface area contributed by atoms with Crippen LogP contribution in [0.1, 0.15) is 74.9 Å². The first kappa shape index (κ1) is 13.6. The van der Waals surface area contributed by atoms with E-state index in [9.17, 15) is 4.79 Å². The smallest absolute Gasteiger partial charge is 0.306 e. The zero-order chi connectivity index (χ0) is 14.1. The first-order valence-electron chi connectivity index (χ1n) is 7.78. The van der Waals surface area contributed by atoms with Gasteiger partial charge in [0.1, 0.15) is 5.82 Å². The van der Waals surface area contributed by atoms with E-state index in [0.29, 0.717) is 12.3 Å². The van der Waals surface area contributed by atoms with Crippen LogP contribution < -0.4 is 0 Å². The van der Waals surface area contributed by atoms with Gasteiger partial charge in [0.25, 0.3) is 0 Å². The van der Waals surface area contributed by atoms with Crippen molar-refractivity contribution in [3.63, 3.8) is 0 Å². The maximum Gasteiger partial charge on any atom is 0.306 e. The summed E-state index contributed by atoms with van der Waals surface area (Å²) < 4.78 is 1.89. The second-order valence-electron chi connectivity index (χ2n) is 6.33. The number of aromatic nitrogens is 3. The zero-order valence-electron chi connectivity index (χ0n) is 12.1. The molecule has 1 aromatic heterocycles. The van der Waals surface area contributed by atoms with E-state index in [1.807, 2.05) is 11.7 Å². The van der Waals surface area contributed by atoms with E-state index < -0.39 is 5.97 Å². The van der Waals surface area contributed by atoms with Crippen molar-refractivity contribution in [2.24, 2.45) is 13.0 Å². The average molecular weight is 277 g/mol. The molecule has 2 saturated carbocycles. The molecule has 2 aliphatic carbocycles. The lowest BCUT2D eigenvalue weighted by Gasteiger charge is -2.18. The second kappa shape index (κ2) is 5.54. The fourth-order valence-corrected chi connectivity index (χ4v) is 3.75. The minimum atomic E-state index is -0.665. The van der Waals surface area contributed by atoms with Crippen LogP contribution in [0.3, 0.4) is 0 Å². The standard InChI is InChI=1S/C15H23N3O2/c1-18-14(11-7-8-12(9-11)15(19)20)16-13(17-18)10-5-3-2-4-6-10/h10-12H,2-9H2,1H3,(H,19,20). The molecular formula is C15H23N3O2. The van der Waals surface area contributed by atoms with Gasteiger partial charge in [-0.1, -0.05) is 19.3 Å². The number of carbonyl (C=O) groups is 1. The van der Waals surface area contributed by atoms with Crippen molar-refractivity contribution in [1.29, 1.82) is 0 Å². The number of rotatable bonds is 3. The maximum atomic E-state index is 11.1. The highest BCUT2D eigenvalue weighted by Gasteiger charge is 2.33. The van der Waals surface area contributed by atoms with E-state index in [1.54, 1.807) is 0 Å². The molecule has 0 bridgehead atoms. The van der Waals surface area contributed by atoms with Crippen LogP contribution in [0.25, 0.3) is 0 Å². The van der Waals surface area contributed by atoms with Gasteiger partial charge in [-0.05, 0) is 32.1 Å². The van der Waals surface area contributed by atoms with Crippen LogP contribution in [0.2, 0.25) is 0 Å². The topological polar surface area (TPSA) is 68.0 Å². The van der Waals surface area contributed by atoms with E-state index >= 15 is 0 Å². The number of carboxylic acids is 1. The summed E-state index contributed by atoms with van der Waals surface area (Å²) >= 11 is 0. The first-order valence-corrected chi connectivity index (χ1v) is 7.78. The molecule has 5 nitrogen and oxygen atoms in total. The molecule has 110 valence electrons. The molecule has 20 heavy (non-hydrogen) atoms. The van der Waals surface area contributed by atoms with Crippen molar-refractivity contribution in [1.82, 2.24) is 14.8 Å². The highest BCUT2D eigenvalue weighted by molar-refractivity contribution is 5.70. The molecule has 5 heteroatoms. The number of aliphatic carboxylic acids is 1. The number of carboxylic acid groups (broad SMARTS) is 1. The van der Waals surface area contributed by atoms with Crippen LogP contribution in [0.15, 0.2) is 0 Å². The highest BCUT2D eigenvalue weighted by atomic mass is 16.4. The van der Waals surface area contributed by atoms with Gasteiger partial charge in [-0.15, -0.1) is 0 Å². The Labute approximate surface area is 119 Å². The van der Waals surface area contributed by atoms with Gasteiger partial charge in [0.05, 0.1) is 5.92 Å². The molecule has 0 spiro atoms. The predicted octanol–water partition coefficient (Wildman–Crippen LogP) is 2.83. The Hall–Kier alpha value is -1.39. The Morgan fingerprint density at radius 1 is 1.15 bits per heavy atom. The van der Waals surface area contributed by atoms with Gasteiger partial charge in [0, 0.05) is 18.9 Å². The Kier molecular flexibility index (Phi) is 3.76. The summed E-state index contributed by atoms with van der Waals surface area (Å²) in [4.78, 5) is 15.8. The number of hydrogen-bond acceptors (Lipinski definition) is 3. The SMILES string of the molecule is Cn1nc(C2CCCCC2)nc1C1CCC(C(=O)O)C1. The first-order chi connectivity index (χ1) is 9.65. The minimum absolute atomic E-state index is 0.199. The quantitative estimate of drug-likeness (QED) is 0.922. The minimum Gasteiger partial charge on any atom is -0.481 e. The summed E-state index contributed by atoms with van der Waals surface area (Å²) in [5, 5.41) is 13.7. The van der Waals surface area contributed by atoms with Crippen molar-refractivity contribution < 1.29 is 9.90 Å². The van der Waals surface area contributed by atoms with E-state index in [0.717, 1.165) is 24.5 Å². The van der Waals surface area contributed by atoms with Gasteiger partial charge in [0.2, 0.25) is 0 Å². The number of nitrogens with zero attached hydrogens (tertiary/aromatic N) is 3. The monoisotopic (exact) mass is 277 g/mol. The van der Waals surface area contributed by atoms with Crippen molar-refractivity contribution in [2.45, 2.75) is 63.2 Å². The van der Waals surface area contributed by atoms with E-state index in [2.05, 4.69) is 5.10 Å². The van der Waals surface area contributed by atoms with Crippen molar-refractivity contribution in [2.75, 3.05) is 0 Å². The molecule has 2 fully saturated rings. The lowest BCUT2D eigenvalue weighted by atomic mass is 9.89. The molecule has 2 atom stereocenters. The third kappa shape index (κ3) is 2.58. The molecule has 2 aliphatic rings. The molecule has 0 amide bonds. The summed E-state index contributed by atoms with van der Waals surface area (Å²) in [6.07, 6.45) is 8.70. The summed E-state index contributed by atoms with van der Waals surface area (Å²) in [5.41, 5.74) is 0. The van der Waals surface area contributed by atoms with Crippen molar-refractivity contribution in [3.05, 3.63) is 11.6 Å². The molecule has 3 rings (SSSR count). The van der Waals surface area contributed by atoms with Crippen LogP contribution in [0, 0.1) is 5.92 Å². The van der Waals surface area contributed by atoms with Crippen LogP contribution >= 0.6 is 0 Å².